The van der Waals surface area contributed by atoms with Crippen molar-refractivity contribution in [3.8, 4) is 16.9 Å². The Labute approximate surface area is 269 Å². The summed E-state index contributed by atoms with van der Waals surface area (Å²) in [5.74, 6) is 1.68. The maximum atomic E-state index is 11.8. The van der Waals surface area contributed by atoms with Crippen LogP contribution in [0.2, 0.25) is 5.02 Å². The summed E-state index contributed by atoms with van der Waals surface area (Å²) in [6.45, 7) is 4.27. The second-order valence-electron chi connectivity index (χ2n) is 10.6. The lowest BCUT2D eigenvalue weighted by molar-refractivity contribution is -0.678. The van der Waals surface area contributed by atoms with Crippen molar-refractivity contribution < 1.29 is 39.6 Å². The molecule has 5 rings (SSSR count). The number of fused-ring (bicyclic) bond motifs is 2. The fourth-order valence-corrected chi connectivity index (χ4v) is 5.87. The number of rotatable bonds is 13. The van der Waals surface area contributed by atoms with E-state index in [-0.39, 0.29) is 19.6 Å². The van der Waals surface area contributed by atoms with E-state index in [1.807, 2.05) is 77.1 Å². The predicted molar refractivity (Wildman–Crippen MR) is 175 cm³/mol. The summed E-state index contributed by atoms with van der Waals surface area (Å²) in [6, 6.07) is 21.1. The van der Waals surface area contributed by atoms with Gasteiger partial charge >= 0.3 is 17.3 Å². The predicted octanol–water partition coefficient (Wildman–Crippen LogP) is 6.78. The first-order valence-corrected chi connectivity index (χ1v) is 17.3. The van der Waals surface area contributed by atoms with Gasteiger partial charge in [-0.2, -0.15) is 17.2 Å². The van der Waals surface area contributed by atoms with Gasteiger partial charge in [-0.3, -0.25) is 13.3 Å². The van der Waals surface area contributed by atoms with Gasteiger partial charge < -0.3 is 14.1 Å². The minimum atomic E-state index is -4.21. The normalized spacial score (nSPS) is 15.8. The Morgan fingerprint density at radius 2 is 1.91 bits per heavy atom. The third kappa shape index (κ3) is 8.01. The summed E-state index contributed by atoms with van der Waals surface area (Å²) >= 11 is 3.94. The second-order valence-corrected chi connectivity index (χ2v) is 13.5. The summed E-state index contributed by atoms with van der Waals surface area (Å²) in [7, 11) is -4.21. The molecule has 2 heterocycles. The van der Waals surface area contributed by atoms with Gasteiger partial charge in [-0.05, 0) is 60.7 Å². The molecule has 3 aromatic carbocycles. The van der Waals surface area contributed by atoms with E-state index in [2.05, 4.69) is 0 Å². The first kappa shape index (κ1) is 32.9. The van der Waals surface area contributed by atoms with E-state index in [0.29, 0.717) is 47.5 Å². The third-order valence-electron chi connectivity index (χ3n) is 7.53. The van der Waals surface area contributed by atoms with Gasteiger partial charge in [0.1, 0.15) is 0 Å². The summed E-state index contributed by atoms with van der Waals surface area (Å²) in [4.78, 5) is 1.93. The largest absolute Gasteiger partial charge is 0.439 e. The highest BCUT2D eigenvalue weighted by Crippen LogP contribution is 2.41. The first-order valence-electron chi connectivity index (χ1n) is 14.4. The number of halogens is 1. The number of ether oxygens (including phenoxy) is 1. The van der Waals surface area contributed by atoms with E-state index in [1.165, 1.54) is 6.92 Å². The lowest BCUT2D eigenvalue weighted by Crippen LogP contribution is -2.37. The number of aromatic nitrogens is 1. The average Bonchev–Trinajstić information content (AvgIpc) is 3.53. The minimum Gasteiger partial charge on any atom is -0.439 e. The van der Waals surface area contributed by atoms with Gasteiger partial charge in [0.2, 0.25) is 11.5 Å². The molecule has 0 spiro atoms. The molecule has 10 nitrogen and oxygen atoms in total. The van der Waals surface area contributed by atoms with Crippen LogP contribution < -0.4 is 14.2 Å². The van der Waals surface area contributed by atoms with Crippen molar-refractivity contribution in [1.29, 1.82) is 0 Å². The van der Waals surface area contributed by atoms with Crippen molar-refractivity contribution in [2.75, 3.05) is 18.1 Å². The Morgan fingerprint density at radius 1 is 1.13 bits per heavy atom. The number of aryl methyl sites for hydroxylation is 1. The average molecular weight is 674 g/mol. The maximum Gasteiger partial charge on any atom is 0.374 e. The summed E-state index contributed by atoms with van der Waals surface area (Å²) in [5, 5.41) is -0.422. The molecule has 2 unspecified atom stereocenters. The Hall–Kier alpha value is -3.52. The Morgan fingerprint density at radius 3 is 2.62 bits per heavy atom. The van der Waals surface area contributed by atoms with Crippen LogP contribution in [0.1, 0.15) is 39.0 Å². The van der Waals surface area contributed by atoms with Crippen molar-refractivity contribution >= 4 is 55.9 Å². The van der Waals surface area contributed by atoms with Gasteiger partial charge in [0.05, 0.1) is 23.6 Å². The quantitative estimate of drug-likeness (QED) is 0.0682. The van der Waals surface area contributed by atoms with Gasteiger partial charge in [0.25, 0.3) is 15.6 Å². The highest BCUT2D eigenvalue weighted by atomic mass is 35.5. The molecular formula is C32H34ClN2O8S2+. The standard InChI is InChI=1S/C32H33ClN2O8S2/c1-3-23(18-31-34(15-7-17-41-44(36)37)28-21-26(33)11-13-30(28)43-31)19-32-35(16-14-22(2)45(38,39)40)27-20-25(10-12-29(27)42-32)24-8-5-4-6-9-24/h4-6,8-13,18-22H,3,7,14-17H2,1-2H3,(H-,36,37,38,39,40)/p+1. The number of nitrogens with zero attached hydrogens (tertiary/aromatic N) is 2. The lowest BCUT2D eigenvalue weighted by Gasteiger charge is -2.18. The zero-order valence-electron chi connectivity index (χ0n) is 24.8. The molecule has 0 saturated heterocycles. The SMILES string of the molecule is CCC(=C\c1oc2ccc(-c3ccccc3)cc2[n+]1CCC(C)S(=O)(=O)O)/C=C1/Oc2ccc(Cl)cc2N1CCCOS(=O)O. The number of anilines is 1. The van der Waals surface area contributed by atoms with Crippen LogP contribution in [0.25, 0.3) is 28.3 Å². The third-order valence-corrected chi connectivity index (χ3v) is 9.39. The number of hydrogen-bond acceptors (Lipinski definition) is 7. The van der Waals surface area contributed by atoms with Crippen LogP contribution in [0.4, 0.5) is 5.69 Å². The fraction of sp³-hybridized carbons (Fsp3) is 0.281. The molecule has 4 aromatic rings. The number of oxazole rings is 1. The highest BCUT2D eigenvalue weighted by molar-refractivity contribution is 7.86. The molecule has 0 amide bonds. The highest BCUT2D eigenvalue weighted by Gasteiger charge is 2.28. The smallest absolute Gasteiger partial charge is 0.374 e. The van der Waals surface area contributed by atoms with Crippen LogP contribution in [0.15, 0.2) is 88.7 Å². The van der Waals surface area contributed by atoms with Crippen molar-refractivity contribution in [2.45, 2.75) is 44.9 Å². The van der Waals surface area contributed by atoms with E-state index in [9.17, 15) is 17.2 Å². The summed E-state index contributed by atoms with van der Waals surface area (Å²) < 4.78 is 72.4. The molecular weight excluding hydrogens is 640 g/mol. The molecule has 0 fully saturated rings. The van der Waals surface area contributed by atoms with E-state index in [1.54, 1.807) is 18.2 Å². The van der Waals surface area contributed by atoms with Crippen LogP contribution >= 0.6 is 11.6 Å². The first-order chi connectivity index (χ1) is 21.5. The van der Waals surface area contributed by atoms with E-state index >= 15 is 0 Å². The molecule has 2 N–H and O–H groups in total. The summed E-state index contributed by atoms with van der Waals surface area (Å²) in [6.07, 6.45) is 5.02. The van der Waals surface area contributed by atoms with Gasteiger partial charge in [-0.15, -0.1) is 0 Å². The molecule has 45 heavy (non-hydrogen) atoms. The van der Waals surface area contributed by atoms with Gasteiger partial charge in [-0.25, -0.2) is 0 Å². The zero-order valence-corrected chi connectivity index (χ0v) is 27.1. The topological polar surface area (TPSA) is 130 Å². The molecule has 1 aromatic heterocycles. The number of hydrogen-bond donors (Lipinski definition) is 2. The van der Waals surface area contributed by atoms with Crippen LogP contribution in [0.3, 0.4) is 0 Å². The zero-order chi connectivity index (χ0) is 32.1. The van der Waals surface area contributed by atoms with Gasteiger partial charge in [0.15, 0.2) is 12.3 Å². The molecule has 13 heteroatoms. The van der Waals surface area contributed by atoms with Crippen LogP contribution in [-0.2, 0) is 32.2 Å². The molecule has 1 aliphatic heterocycles. The second kappa shape index (κ2) is 14.3. The molecule has 2 atom stereocenters. The van der Waals surface area contributed by atoms with Crippen LogP contribution in [0, 0.1) is 0 Å². The summed E-state index contributed by atoms with van der Waals surface area (Å²) in [5.41, 5.74) is 5.06. The monoisotopic (exact) mass is 673 g/mol. The van der Waals surface area contributed by atoms with Crippen molar-refractivity contribution in [2.24, 2.45) is 0 Å². The van der Waals surface area contributed by atoms with Crippen LogP contribution in [0.5, 0.6) is 5.75 Å². The lowest BCUT2D eigenvalue weighted by atomic mass is 10.1. The van der Waals surface area contributed by atoms with E-state index in [4.69, 9.17) is 29.5 Å². The molecule has 1 aliphatic rings. The molecule has 0 aliphatic carbocycles. The van der Waals surface area contributed by atoms with Gasteiger partial charge in [-0.1, -0.05) is 54.9 Å². The van der Waals surface area contributed by atoms with Gasteiger partial charge in [0, 0.05) is 30.1 Å². The molecule has 0 bridgehead atoms. The van der Waals surface area contributed by atoms with E-state index < -0.39 is 26.7 Å². The Balaban J connectivity index is 1.53. The number of allylic oxidation sites excluding steroid dienone is 2. The number of benzene rings is 3. The molecule has 0 saturated carbocycles. The minimum absolute atomic E-state index is 0.0746. The van der Waals surface area contributed by atoms with Crippen molar-refractivity contribution in [1.82, 2.24) is 0 Å². The maximum absolute atomic E-state index is 11.8. The van der Waals surface area contributed by atoms with Crippen molar-refractivity contribution in [3.63, 3.8) is 0 Å². The Bertz CT molecular complexity index is 1870. The Kier molecular flexibility index (Phi) is 10.4. The fourth-order valence-electron chi connectivity index (χ4n) is 5.04. The van der Waals surface area contributed by atoms with Crippen LogP contribution in [-0.4, -0.2) is 40.1 Å². The van der Waals surface area contributed by atoms with Crippen molar-refractivity contribution in [3.05, 3.63) is 95.2 Å². The molecule has 0 radical (unpaired) electrons. The molecule has 238 valence electrons. The van der Waals surface area contributed by atoms with E-state index in [0.717, 1.165) is 27.9 Å².